The van der Waals surface area contributed by atoms with Gasteiger partial charge in [-0.25, -0.2) is 0 Å². The van der Waals surface area contributed by atoms with Gasteiger partial charge in [0, 0.05) is 13.5 Å². The minimum atomic E-state index is -0.0462. The molecule has 0 saturated heterocycles. The zero-order valence-corrected chi connectivity index (χ0v) is 8.73. The van der Waals surface area contributed by atoms with Gasteiger partial charge in [0.1, 0.15) is 0 Å². The first-order valence-electron chi connectivity index (χ1n) is 4.84. The van der Waals surface area contributed by atoms with Crippen LogP contribution < -0.4 is 5.32 Å². The molecule has 3 nitrogen and oxygen atoms in total. The van der Waals surface area contributed by atoms with Crippen LogP contribution in [0.2, 0.25) is 0 Å². The lowest BCUT2D eigenvalue weighted by molar-refractivity contribution is -0.118. The number of hydrogen-bond acceptors (Lipinski definition) is 2. The van der Waals surface area contributed by atoms with E-state index in [4.69, 9.17) is 5.11 Å². The van der Waals surface area contributed by atoms with E-state index in [1.807, 2.05) is 36.4 Å². The van der Waals surface area contributed by atoms with Crippen molar-refractivity contribution in [2.75, 3.05) is 6.54 Å². The van der Waals surface area contributed by atoms with Gasteiger partial charge < -0.3 is 10.4 Å². The Morgan fingerprint density at radius 2 is 2.20 bits per heavy atom. The summed E-state index contributed by atoms with van der Waals surface area (Å²) in [5.74, 6) is -0.0462. The van der Waals surface area contributed by atoms with Crippen LogP contribution in [0.25, 0.3) is 6.08 Å². The number of rotatable bonds is 4. The number of hydrogen-bond donors (Lipinski definition) is 2. The van der Waals surface area contributed by atoms with Crippen molar-refractivity contribution in [1.82, 2.24) is 5.32 Å². The second-order valence-electron chi connectivity index (χ2n) is 3.20. The first kappa shape index (κ1) is 11.5. The Kier molecular flexibility index (Phi) is 4.57. The minimum absolute atomic E-state index is 0.0284. The molecule has 15 heavy (non-hydrogen) atoms. The van der Waals surface area contributed by atoms with Crippen molar-refractivity contribution in [2.45, 2.75) is 13.5 Å². The molecule has 0 aliphatic carbocycles. The molecule has 2 N–H and O–H groups in total. The molecule has 0 atom stereocenters. The van der Waals surface area contributed by atoms with E-state index < -0.39 is 0 Å². The van der Waals surface area contributed by atoms with Gasteiger partial charge in [-0.1, -0.05) is 36.4 Å². The molecular formula is C12H15NO2. The molecule has 80 valence electrons. The highest BCUT2D eigenvalue weighted by atomic mass is 16.3. The number of carbonyl (C=O) groups excluding carboxylic acids is 1. The van der Waals surface area contributed by atoms with Crippen molar-refractivity contribution >= 4 is 12.0 Å². The maximum atomic E-state index is 10.6. The van der Waals surface area contributed by atoms with Crippen LogP contribution in [0.1, 0.15) is 18.1 Å². The van der Waals surface area contributed by atoms with E-state index in [1.54, 1.807) is 0 Å². The fourth-order valence-electron chi connectivity index (χ4n) is 1.23. The average Bonchev–Trinajstić information content (AvgIpc) is 2.24. The Bertz CT molecular complexity index is 358. The minimum Gasteiger partial charge on any atom is -0.392 e. The molecule has 0 radical (unpaired) electrons. The Hall–Kier alpha value is -1.61. The smallest absolute Gasteiger partial charge is 0.217 e. The van der Waals surface area contributed by atoms with Crippen LogP contribution in [0.15, 0.2) is 30.3 Å². The third-order valence-corrected chi connectivity index (χ3v) is 1.99. The maximum absolute atomic E-state index is 10.6. The predicted octanol–water partition coefficient (Wildman–Crippen LogP) is 1.33. The molecular weight excluding hydrogens is 190 g/mol. The van der Waals surface area contributed by atoms with E-state index in [2.05, 4.69) is 5.32 Å². The SMILES string of the molecule is CC(=O)NCC=Cc1ccccc1CO. The topological polar surface area (TPSA) is 49.3 Å². The zero-order chi connectivity index (χ0) is 11.1. The van der Waals surface area contributed by atoms with Gasteiger partial charge in [-0.2, -0.15) is 0 Å². The second kappa shape index (κ2) is 5.98. The molecule has 0 bridgehead atoms. The third-order valence-electron chi connectivity index (χ3n) is 1.99. The molecule has 0 unspecified atom stereocenters. The fourth-order valence-corrected chi connectivity index (χ4v) is 1.23. The molecule has 0 fully saturated rings. The van der Waals surface area contributed by atoms with Gasteiger partial charge in [0.05, 0.1) is 6.61 Å². The highest BCUT2D eigenvalue weighted by Crippen LogP contribution is 2.09. The number of carbonyl (C=O) groups is 1. The van der Waals surface area contributed by atoms with E-state index in [-0.39, 0.29) is 12.5 Å². The van der Waals surface area contributed by atoms with Crippen LogP contribution in [0.5, 0.6) is 0 Å². The summed E-state index contributed by atoms with van der Waals surface area (Å²) in [5, 5.41) is 11.7. The van der Waals surface area contributed by atoms with Crippen LogP contribution >= 0.6 is 0 Å². The van der Waals surface area contributed by atoms with Crippen LogP contribution in [0, 0.1) is 0 Å². The Morgan fingerprint density at radius 3 is 2.87 bits per heavy atom. The van der Waals surface area contributed by atoms with Crippen molar-refractivity contribution in [3.8, 4) is 0 Å². The highest BCUT2D eigenvalue weighted by molar-refractivity contribution is 5.73. The zero-order valence-electron chi connectivity index (χ0n) is 8.73. The largest absolute Gasteiger partial charge is 0.392 e. The third kappa shape index (κ3) is 3.95. The van der Waals surface area contributed by atoms with Crippen LogP contribution in [-0.4, -0.2) is 17.6 Å². The normalized spacial score (nSPS) is 10.5. The number of amides is 1. The Morgan fingerprint density at radius 1 is 1.47 bits per heavy atom. The molecule has 0 aromatic heterocycles. The van der Waals surface area contributed by atoms with Crippen molar-refractivity contribution in [3.63, 3.8) is 0 Å². The number of benzene rings is 1. The molecule has 0 saturated carbocycles. The molecule has 1 rings (SSSR count). The Balaban J connectivity index is 2.59. The predicted molar refractivity (Wildman–Crippen MR) is 60.1 cm³/mol. The van der Waals surface area contributed by atoms with E-state index in [9.17, 15) is 4.79 Å². The average molecular weight is 205 g/mol. The highest BCUT2D eigenvalue weighted by Gasteiger charge is 1.95. The summed E-state index contributed by atoms with van der Waals surface area (Å²) in [6.45, 7) is 2.02. The van der Waals surface area contributed by atoms with Crippen LogP contribution in [-0.2, 0) is 11.4 Å². The lowest BCUT2D eigenvalue weighted by atomic mass is 10.1. The summed E-state index contributed by atoms with van der Waals surface area (Å²) in [7, 11) is 0. The lowest BCUT2D eigenvalue weighted by Gasteiger charge is -2.01. The van der Waals surface area contributed by atoms with Gasteiger partial charge >= 0.3 is 0 Å². The Labute approximate surface area is 89.4 Å². The van der Waals surface area contributed by atoms with Gasteiger partial charge in [-0.15, -0.1) is 0 Å². The molecule has 0 aliphatic heterocycles. The monoisotopic (exact) mass is 205 g/mol. The van der Waals surface area contributed by atoms with Crippen molar-refractivity contribution < 1.29 is 9.90 Å². The van der Waals surface area contributed by atoms with Crippen LogP contribution in [0.3, 0.4) is 0 Å². The first-order valence-corrected chi connectivity index (χ1v) is 4.84. The van der Waals surface area contributed by atoms with Gasteiger partial charge in [0.15, 0.2) is 0 Å². The van der Waals surface area contributed by atoms with Crippen molar-refractivity contribution in [3.05, 3.63) is 41.5 Å². The fraction of sp³-hybridized carbons (Fsp3) is 0.250. The molecule has 0 heterocycles. The number of nitrogens with one attached hydrogen (secondary N) is 1. The molecule has 1 aromatic carbocycles. The second-order valence-corrected chi connectivity index (χ2v) is 3.20. The summed E-state index contributed by atoms with van der Waals surface area (Å²) in [4.78, 5) is 10.6. The molecule has 1 aromatic rings. The lowest BCUT2D eigenvalue weighted by Crippen LogP contribution is -2.19. The molecule has 0 spiro atoms. The summed E-state index contributed by atoms with van der Waals surface area (Å²) in [6.07, 6.45) is 3.75. The molecule has 1 amide bonds. The van der Waals surface area contributed by atoms with Crippen molar-refractivity contribution in [2.24, 2.45) is 0 Å². The number of aliphatic hydroxyl groups is 1. The standard InChI is InChI=1S/C12H15NO2/c1-10(15)13-8-4-7-11-5-2-3-6-12(11)9-14/h2-7,14H,8-9H2,1H3,(H,13,15). The van der Waals surface area contributed by atoms with Crippen molar-refractivity contribution in [1.29, 1.82) is 0 Å². The summed E-state index contributed by atoms with van der Waals surface area (Å²) in [5.41, 5.74) is 1.86. The molecule has 3 heteroatoms. The van der Waals surface area contributed by atoms with Gasteiger partial charge in [-0.3, -0.25) is 4.79 Å². The van der Waals surface area contributed by atoms with Gasteiger partial charge in [0.2, 0.25) is 5.91 Å². The summed E-state index contributed by atoms with van der Waals surface area (Å²) in [6, 6.07) is 7.60. The van der Waals surface area contributed by atoms with E-state index in [1.165, 1.54) is 6.92 Å². The summed E-state index contributed by atoms with van der Waals surface area (Å²) >= 11 is 0. The van der Waals surface area contributed by atoms with E-state index >= 15 is 0 Å². The first-order chi connectivity index (χ1) is 7.24. The molecule has 0 aliphatic rings. The maximum Gasteiger partial charge on any atom is 0.217 e. The summed E-state index contributed by atoms with van der Waals surface area (Å²) < 4.78 is 0. The van der Waals surface area contributed by atoms with Crippen LogP contribution in [0.4, 0.5) is 0 Å². The number of aliphatic hydroxyl groups excluding tert-OH is 1. The van der Waals surface area contributed by atoms with Gasteiger partial charge in [0.25, 0.3) is 0 Å². The van der Waals surface area contributed by atoms with E-state index in [0.717, 1.165) is 11.1 Å². The van der Waals surface area contributed by atoms with Gasteiger partial charge in [-0.05, 0) is 11.1 Å². The van der Waals surface area contributed by atoms with E-state index in [0.29, 0.717) is 6.54 Å². The quantitative estimate of drug-likeness (QED) is 0.779.